The van der Waals surface area contributed by atoms with Crippen LogP contribution in [-0.2, 0) is 0 Å². The lowest BCUT2D eigenvalue weighted by Gasteiger charge is -2.28. The second-order valence-corrected chi connectivity index (χ2v) is 5.00. The van der Waals surface area contributed by atoms with Crippen LogP contribution in [0.2, 0.25) is 0 Å². The van der Waals surface area contributed by atoms with Crippen molar-refractivity contribution in [3.8, 4) is 0 Å². The van der Waals surface area contributed by atoms with E-state index in [0.717, 1.165) is 4.90 Å². The van der Waals surface area contributed by atoms with Crippen molar-refractivity contribution < 1.29 is 13.2 Å². The predicted octanol–water partition coefficient (Wildman–Crippen LogP) is 2.28. The van der Waals surface area contributed by atoms with Crippen molar-refractivity contribution in [2.24, 2.45) is 0 Å². The van der Waals surface area contributed by atoms with Crippen LogP contribution in [0.4, 0.5) is 24.8 Å². The molecule has 8 heteroatoms. The highest BCUT2D eigenvalue weighted by Crippen LogP contribution is 2.22. The quantitative estimate of drug-likeness (QED) is 0.853. The molecule has 0 unspecified atom stereocenters. The number of rotatable bonds is 3. The topological polar surface area (TPSA) is 75.0 Å². The van der Waals surface area contributed by atoms with Crippen molar-refractivity contribution in [3.63, 3.8) is 0 Å². The number of nitrogens with one attached hydrogen (secondary N) is 1. The molecule has 0 fully saturated rings. The highest BCUT2D eigenvalue weighted by molar-refractivity contribution is 5.81. The lowest BCUT2D eigenvalue weighted by atomic mass is 10.2. The molecule has 2 rings (SSSR count). The van der Waals surface area contributed by atoms with Gasteiger partial charge >= 0.3 is 6.18 Å². The largest absolute Gasteiger partial charge is 0.406 e. The van der Waals surface area contributed by atoms with Gasteiger partial charge in [-0.3, -0.25) is 9.78 Å². The van der Waals surface area contributed by atoms with Crippen molar-refractivity contribution in [1.29, 1.82) is 0 Å². The number of fused-ring (bicyclic) bond motifs is 1. The van der Waals surface area contributed by atoms with Gasteiger partial charge in [0.25, 0.3) is 5.56 Å². The molecular weight excluding hydrogens is 285 g/mol. The van der Waals surface area contributed by atoms with E-state index in [1.807, 2.05) is 0 Å². The average Bonchev–Trinajstić information content (AvgIpc) is 2.35. The van der Waals surface area contributed by atoms with E-state index < -0.39 is 24.3 Å². The summed E-state index contributed by atoms with van der Waals surface area (Å²) in [6.07, 6.45) is -4.39. The third-order valence-electron chi connectivity index (χ3n) is 2.96. The Morgan fingerprint density at radius 2 is 2.05 bits per heavy atom. The van der Waals surface area contributed by atoms with E-state index in [4.69, 9.17) is 5.73 Å². The van der Waals surface area contributed by atoms with Crippen LogP contribution in [0.5, 0.6) is 0 Å². The molecule has 0 atom stereocenters. The van der Waals surface area contributed by atoms with Crippen molar-refractivity contribution in [1.82, 2.24) is 9.97 Å². The van der Waals surface area contributed by atoms with Crippen LogP contribution in [0, 0.1) is 0 Å². The first-order valence-electron chi connectivity index (χ1n) is 6.30. The van der Waals surface area contributed by atoms with E-state index in [9.17, 15) is 18.0 Å². The summed E-state index contributed by atoms with van der Waals surface area (Å²) in [5.74, 6) is -0.107. The van der Waals surface area contributed by atoms with Gasteiger partial charge in [0.05, 0.1) is 10.9 Å². The minimum Gasteiger partial charge on any atom is -0.399 e. The van der Waals surface area contributed by atoms with Crippen LogP contribution in [0.15, 0.2) is 23.0 Å². The monoisotopic (exact) mass is 300 g/mol. The molecular formula is C13H15F3N4O. The van der Waals surface area contributed by atoms with E-state index in [0.29, 0.717) is 11.2 Å². The summed E-state index contributed by atoms with van der Waals surface area (Å²) in [6, 6.07) is 4.02. The minimum absolute atomic E-state index is 0.107. The molecule has 0 saturated heterocycles. The van der Waals surface area contributed by atoms with E-state index >= 15 is 0 Å². The molecule has 1 heterocycles. The lowest BCUT2D eigenvalue weighted by Crippen LogP contribution is -2.41. The van der Waals surface area contributed by atoms with E-state index in [2.05, 4.69) is 9.97 Å². The summed E-state index contributed by atoms with van der Waals surface area (Å²) in [5.41, 5.74) is 5.75. The number of hydrogen-bond donors (Lipinski definition) is 2. The lowest BCUT2D eigenvalue weighted by molar-refractivity contribution is -0.120. The molecule has 5 nitrogen and oxygen atoms in total. The number of alkyl halides is 3. The Bertz CT molecular complexity index is 709. The summed E-state index contributed by atoms with van der Waals surface area (Å²) in [5, 5.41) is 0.245. The molecule has 0 aliphatic rings. The summed E-state index contributed by atoms with van der Waals surface area (Å²) in [7, 11) is 0. The Labute approximate surface area is 118 Å². The number of anilines is 2. The number of nitrogens with zero attached hydrogens (tertiary/aromatic N) is 2. The summed E-state index contributed by atoms with van der Waals surface area (Å²) < 4.78 is 37.9. The van der Waals surface area contributed by atoms with Gasteiger partial charge in [0.1, 0.15) is 6.54 Å². The van der Waals surface area contributed by atoms with Gasteiger partial charge in [-0.1, -0.05) is 0 Å². The van der Waals surface area contributed by atoms with E-state index in [1.165, 1.54) is 12.1 Å². The second-order valence-electron chi connectivity index (χ2n) is 5.00. The Morgan fingerprint density at radius 1 is 1.38 bits per heavy atom. The van der Waals surface area contributed by atoms with Gasteiger partial charge in [0.15, 0.2) is 0 Å². The molecule has 0 saturated carbocycles. The molecule has 0 spiro atoms. The molecule has 114 valence electrons. The number of H-pyrrole nitrogens is 1. The summed E-state index contributed by atoms with van der Waals surface area (Å²) in [4.78, 5) is 19.5. The molecule has 1 aromatic carbocycles. The molecule has 2 aromatic rings. The molecule has 0 amide bonds. The van der Waals surface area contributed by atoms with E-state index in [-0.39, 0.29) is 11.3 Å². The maximum absolute atomic E-state index is 12.6. The van der Waals surface area contributed by atoms with Gasteiger partial charge < -0.3 is 10.6 Å². The highest BCUT2D eigenvalue weighted by Gasteiger charge is 2.33. The number of aromatic amines is 1. The number of aromatic nitrogens is 2. The number of nitrogens with two attached hydrogens (primary N) is 1. The first-order valence-corrected chi connectivity index (χ1v) is 6.30. The fourth-order valence-corrected chi connectivity index (χ4v) is 1.98. The average molecular weight is 300 g/mol. The minimum atomic E-state index is -4.39. The van der Waals surface area contributed by atoms with Crippen molar-refractivity contribution in [2.45, 2.75) is 26.1 Å². The number of halogens is 3. The normalized spacial score (nSPS) is 12.1. The fraction of sp³-hybridized carbons (Fsp3) is 0.385. The number of benzene rings is 1. The zero-order valence-electron chi connectivity index (χ0n) is 11.5. The predicted molar refractivity (Wildman–Crippen MR) is 75.3 cm³/mol. The first kappa shape index (κ1) is 15.1. The van der Waals surface area contributed by atoms with Crippen LogP contribution in [0.3, 0.4) is 0 Å². The second kappa shape index (κ2) is 5.27. The maximum atomic E-state index is 12.6. The van der Waals surface area contributed by atoms with Crippen LogP contribution in [-0.4, -0.2) is 28.7 Å². The van der Waals surface area contributed by atoms with Gasteiger partial charge in [-0.15, -0.1) is 0 Å². The fourth-order valence-electron chi connectivity index (χ4n) is 1.98. The van der Waals surface area contributed by atoms with Crippen molar-refractivity contribution in [2.75, 3.05) is 17.2 Å². The molecule has 0 bridgehead atoms. The van der Waals surface area contributed by atoms with Gasteiger partial charge in [-0.2, -0.15) is 13.2 Å². The smallest absolute Gasteiger partial charge is 0.399 e. The Kier molecular flexibility index (Phi) is 3.80. The summed E-state index contributed by atoms with van der Waals surface area (Å²) >= 11 is 0. The molecule has 0 radical (unpaired) electrons. The number of hydrogen-bond acceptors (Lipinski definition) is 4. The molecule has 3 N–H and O–H groups in total. The van der Waals surface area contributed by atoms with Gasteiger partial charge in [0.2, 0.25) is 5.95 Å². The van der Waals surface area contributed by atoms with Gasteiger partial charge in [-0.05, 0) is 32.0 Å². The van der Waals surface area contributed by atoms with Crippen molar-refractivity contribution in [3.05, 3.63) is 28.6 Å². The van der Waals surface area contributed by atoms with Crippen LogP contribution in [0.1, 0.15) is 13.8 Å². The van der Waals surface area contributed by atoms with Crippen LogP contribution < -0.4 is 16.2 Å². The zero-order valence-corrected chi connectivity index (χ0v) is 11.5. The molecule has 0 aliphatic carbocycles. The molecule has 21 heavy (non-hydrogen) atoms. The highest BCUT2D eigenvalue weighted by atomic mass is 19.4. The Morgan fingerprint density at radius 3 is 2.62 bits per heavy atom. The van der Waals surface area contributed by atoms with Crippen molar-refractivity contribution >= 4 is 22.5 Å². The zero-order chi connectivity index (χ0) is 15.8. The Balaban J connectivity index is 2.54. The van der Waals surface area contributed by atoms with Gasteiger partial charge in [0, 0.05) is 11.7 Å². The molecule has 0 aliphatic heterocycles. The number of nitrogen functional groups attached to an aromatic ring is 1. The van der Waals surface area contributed by atoms with Crippen LogP contribution in [0.25, 0.3) is 10.9 Å². The van der Waals surface area contributed by atoms with Gasteiger partial charge in [-0.25, -0.2) is 4.98 Å². The SMILES string of the molecule is CC(C)N(CC(F)(F)F)c1nc2ccc(N)cc2c(=O)[nH]1. The van der Waals surface area contributed by atoms with Crippen LogP contribution >= 0.6 is 0 Å². The third kappa shape index (κ3) is 3.45. The third-order valence-corrected chi connectivity index (χ3v) is 2.96. The maximum Gasteiger partial charge on any atom is 0.406 e. The summed E-state index contributed by atoms with van der Waals surface area (Å²) in [6.45, 7) is 2.01. The Hall–Kier alpha value is -2.25. The first-order chi connectivity index (χ1) is 9.67. The molecule has 1 aromatic heterocycles. The standard InChI is InChI=1S/C13H15F3N4O/c1-7(2)20(6-13(14,15)16)12-18-10-4-3-8(17)5-9(10)11(21)19-12/h3-5,7H,6,17H2,1-2H3,(H,18,19,21). The van der Waals surface area contributed by atoms with E-state index in [1.54, 1.807) is 19.9 Å².